The Hall–Kier alpha value is -1.85. The maximum Gasteiger partial charge on any atom is 0.238 e. The zero-order chi connectivity index (χ0) is 15.2. The minimum Gasteiger partial charge on any atom is -0.399 e. The normalized spacial score (nSPS) is 10.6. The van der Waals surface area contributed by atoms with E-state index in [-0.39, 0.29) is 5.91 Å². The van der Waals surface area contributed by atoms with Crippen LogP contribution in [0.3, 0.4) is 0 Å². The topological polar surface area (TPSA) is 58.4 Å². The predicted molar refractivity (Wildman–Crippen MR) is 90.0 cm³/mol. The molecule has 5 heteroatoms. The van der Waals surface area contributed by atoms with Crippen LogP contribution in [-0.4, -0.2) is 24.4 Å². The van der Waals surface area contributed by atoms with Crippen LogP contribution in [0.5, 0.6) is 0 Å². The Morgan fingerprint density at radius 1 is 1.24 bits per heavy atom. The van der Waals surface area contributed by atoms with E-state index in [4.69, 9.17) is 5.73 Å². The van der Waals surface area contributed by atoms with E-state index in [1.165, 1.54) is 0 Å². The molecule has 0 aliphatic heterocycles. The molecule has 0 spiro atoms. The summed E-state index contributed by atoms with van der Waals surface area (Å²) in [5.41, 5.74) is 8.20. The standard InChI is InChI=1S/C16H18BrN3O/c1-20(10-12-5-7-13(17)8-6-12)11-16(21)19-15-4-2-3-14(18)9-15/h2-9H,10-11,18H2,1H3,(H,19,21). The van der Waals surface area contributed by atoms with E-state index < -0.39 is 0 Å². The number of amides is 1. The summed E-state index contributed by atoms with van der Waals surface area (Å²) in [6, 6.07) is 15.2. The molecule has 0 aliphatic rings. The van der Waals surface area contributed by atoms with Gasteiger partial charge in [-0.25, -0.2) is 0 Å². The number of nitrogens with one attached hydrogen (secondary N) is 1. The van der Waals surface area contributed by atoms with Crippen LogP contribution in [0.1, 0.15) is 5.56 Å². The van der Waals surface area contributed by atoms with Gasteiger partial charge in [-0.1, -0.05) is 34.1 Å². The third-order valence-corrected chi connectivity index (χ3v) is 3.48. The van der Waals surface area contributed by atoms with Gasteiger partial charge in [-0.15, -0.1) is 0 Å². The van der Waals surface area contributed by atoms with Gasteiger partial charge >= 0.3 is 0 Å². The van der Waals surface area contributed by atoms with Crippen molar-refractivity contribution in [1.29, 1.82) is 0 Å². The molecule has 3 N–H and O–H groups in total. The Kier molecular flexibility index (Phi) is 5.36. The molecule has 110 valence electrons. The van der Waals surface area contributed by atoms with Gasteiger partial charge in [-0.05, 0) is 42.9 Å². The molecule has 0 unspecified atom stereocenters. The van der Waals surface area contributed by atoms with E-state index in [9.17, 15) is 4.79 Å². The Morgan fingerprint density at radius 2 is 1.95 bits per heavy atom. The minimum atomic E-state index is -0.0554. The molecule has 0 saturated carbocycles. The van der Waals surface area contributed by atoms with Gasteiger partial charge in [0.05, 0.1) is 6.54 Å². The fourth-order valence-electron chi connectivity index (χ4n) is 2.02. The van der Waals surface area contributed by atoms with Crippen LogP contribution in [0, 0.1) is 0 Å². The maximum absolute atomic E-state index is 12.0. The van der Waals surface area contributed by atoms with Crippen LogP contribution in [0.2, 0.25) is 0 Å². The largest absolute Gasteiger partial charge is 0.399 e. The fourth-order valence-corrected chi connectivity index (χ4v) is 2.28. The number of anilines is 2. The molecule has 0 heterocycles. The summed E-state index contributed by atoms with van der Waals surface area (Å²) in [5, 5.41) is 2.84. The van der Waals surface area contributed by atoms with E-state index >= 15 is 0 Å². The highest BCUT2D eigenvalue weighted by molar-refractivity contribution is 9.10. The fraction of sp³-hybridized carbons (Fsp3) is 0.188. The van der Waals surface area contributed by atoms with Gasteiger partial charge in [0.15, 0.2) is 0 Å². The van der Waals surface area contributed by atoms with Gasteiger partial charge in [0, 0.05) is 22.4 Å². The Balaban J connectivity index is 1.86. The summed E-state index contributed by atoms with van der Waals surface area (Å²) in [4.78, 5) is 13.9. The minimum absolute atomic E-state index is 0.0554. The second-order valence-corrected chi connectivity index (χ2v) is 5.89. The van der Waals surface area contributed by atoms with Crippen molar-refractivity contribution in [3.05, 3.63) is 58.6 Å². The van der Waals surface area contributed by atoms with Gasteiger partial charge in [0.2, 0.25) is 5.91 Å². The number of carbonyl (C=O) groups is 1. The molecule has 0 saturated heterocycles. The van der Waals surface area contributed by atoms with E-state index in [1.807, 2.05) is 48.3 Å². The number of likely N-dealkylation sites (N-methyl/N-ethyl adjacent to an activating group) is 1. The van der Waals surface area contributed by atoms with E-state index in [2.05, 4.69) is 21.2 Å². The van der Waals surface area contributed by atoms with Crippen molar-refractivity contribution in [2.75, 3.05) is 24.6 Å². The number of hydrogen-bond acceptors (Lipinski definition) is 3. The number of nitrogens with two attached hydrogens (primary N) is 1. The van der Waals surface area contributed by atoms with Crippen LogP contribution < -0.4 is 11.1 Å². The van der Waals surface area contributed by atoms with Crippen LogP contribution in [0.4, 0.5) is 11.4 Å². The Morgan fingerprint density at radius 3 is 2.62 bits per heavy atom. The molecule has 2 aromatic carbocycles. The first-order valence-corrected chi connectivity index (χ1v) is 7.40. The average molecular weight is 348 g/mol. The molecule has 1 amide bonds. The number of nitrogens with zero attached hydrogens (tertiary/aromatic N) is 1. The van der Waals surface area contributed by atoms with E-state index in [0.29, 0.717) is 12.2 Å². The third kappa shape index (κ3) is 5.21. The first-order chi connectivity index (χ1) is 10.0. The highest BCUT2D eigenvalue weighted by Gasteiger charge is 2.07. The molecule has 0 aliphatic carbocycles. The lowest BCUT2D eigenvalue weighted by Gasteiger charge is -2.16. The van der Waals surface area contributed by atoms with E-state index in [0.717, 1.165) is 22.3 Å². The predicted octanol–water partition coefficient (Wildman–Crippen LogP) is 3.10. The zero-order valence-electron chi connectivity index (χ0n) is 11.8. The summed E-state index contributed by atoms with van der Waals surface area (Å²) in [7, 11) is 1.92. The van der Waals surface area contributed by atoms with Gasteiger partial charge < -0.3 is 11.1 Å². The summed E-state index contributed by atoms with van der Waals surface area (Å²) < 4.78 is 1.05. The lowest BCUT2D eigenvalue weighted by Crippen LogP contribution is -2.29. The number of nitrogen functional groups attached to an aromatic ring is 1. The summed E-state index contributed by atoms with van der Waals surface area (Å²) in [5.74, 6) is -0.0554. The molecule has 21 heavy (non-hydrogen) atoms. The second kappa shape index (κ2) is 7.24. The molecule has 0 atom stereocenters. The van der Waals surface area contributed by atoms with Crippen LogP contribution in [0.15, 0.2) is 53.0 Å². The monoisotopic (exact) mass is 347 g/mol. The van der Waals surface area contributed by atoms with Crippen molar-refractivity contribution in [2.24, 2.45) is 0 Å². The second-order valence-electron chi connectivity index (χ2n) is 4.97. The first-order valence-electron chi connectivity index (χ1n) is 6.61. The van der Waals surface area contributed by atoms with Gasteiger partial charge in [0.25, 0.3) is 0 Å². The number of hydrogen-bond donors (Lipinski definition) is 2. The smallest absolute Gasteiger partial charge is 0.238 e. The SMILES string of the molecule is CN(CC(=O)Nc1cccc(N)c1)Cc1ccc(Br)cc1. The van der Waals surface area contributed by atoms with Crippen molar-refractivity contribution in [1.82, 2.24) is 4.90 Å². The van der Waals surface area contributed by atoms with Crippen LogP contribution in [0.25, 0.3) is 0 Å². The molecule has 2 aromatic rings. The number of benzene rings is 2. The molecule has 0 aromatic heterocycles. The first kappa shape index (κ1) is 15.5. The van der Waals surface area contributed by atoms with Crippen molar-refractivity contribution in [2.45, 2.75) is 6.54 Å². The molecule has 0 radical (unpaired) electrons. The molecule has 0 bridgehead atoms. The summed E-state index contributed by atoms with van der Waals surface area (Å²) >= 11 is 3.41. The molecule has 2 rings (SSSR count). The third-order valence-electron chi connectivity index (χ3n) is 2.95. The highest BCUT2D eigenvalue weighted by Crippen LogP contribution is 2.13. The van der Waals surface area contributed by atoms with E-state index in [1.54, 1.807) is 12.1 Å². The van der Waals surface area contributed by atoms with Crippen molar-refractivity contribution in [3.63, 3.8) is 0 Å². The van der Waals surface area contributed by atoms with Gasteiger partial charge in [-0.2, -0.15) is 0 Å². The Labute approximate surface area is 133 Å². The molecular weight excluding hydrogens is 330 g/mol. The highest BCUT2D eigenvalue weighted by atomic mass is 79.9. The van der Waals surface area contributed by atoms with Crippen molar-refractivity contribution < 1.29 is 4.79 Å². The summed E-state index contributed by atoms with van der Waals surface area (Å²) in [6.45, 7) is 1.04. The maximum atomic E-state index is 12.0. The Bertz CT molecular complexity index is 613. The van der Waals surface area contributed by atoms with Gasteiger partial charge in [-0.3, -0.25) is 9.69 Å². The average Bonchev–Trinajstić information content (AvgIpc) is 2.41. The molecular formula is C16H18BrN3O. The number of carbonyl (C=O) groups excluding carboxylic acids is 1. The number of rotatable bonds is 5. The molecule has 4 nitrogen and oxygen atoms in total. The lowest BCUT2D eigenvalue weighted by atomic mass is 10.2. The lowest BCUT2D eigenvalue weighted by molar-refractivity contribution is -0.117. The molecule has 0 fully saturated rings. The van der Waals surface area contributed by atoms with Crippen LogP contribution >= 0.6 is 15.9 Å². The van der Waals surface area contributed by atoms with Gasteiger partial charge in [0.1, 0.15) is 0 Å². The van der Waals surface area contributed by atoms with Crippen LogP contribution in [-0.2, 0) is 11.3 Å². The quantitative estimate of drug-likeness (QED) is 0.817. The van der Waals surface area contributed by atoms with Crippen molar-refractivity contribution in [3.8, 4) is 0 Å². The summed E-state index contributed by atoms with van der Waals surface area (Å²) in [6.07, 6.45) is 0. The zero-order valence-corrected chi connectivity index (χ0v) is 13.4. The number of halogens is 1. The van der Waals surface area contributed by atoms with Crippen molar-refractivity contribution >= 4 is 33.2 Å².